The Bertz CT molecular complexity index is 447. The minimum absolute atomic E-state index is 0.164. The van der Waals surface area contributed by atoms with Crippen molar-refractivity contribution in [3.63, 3.8) is 0 Å². The number of aromatic nitrogens is 2. The van der Waals surface area contributed by atoms with E-state index in [1.165, 1.54) is 18.7 Å². The number of amides is 1. The molecule has 0 saturated heterocycles. The van der Waals surface area contributed by atoms with Gasteiger partial charge in [-0.1, -0.05) is 19.0 Å². The van der Waals surface area contributed by atoms with Crippen LogP contribution in [0.25, 0.3) is 0 Å². The lowest BCUT2D eigenvalue weighted by molar-refractivity contribution is -0.140. The van der Waals surface area contributed by atoms with Crippen molar-refractivity contribution in [3.05, 3.63) is 11.7 Å². The number of carbonyl (C=O) groups excluding carboxylic acids is 1. The summed E-state index contributed by atoms with van der Waals surface area (Å²) in [5, 5.41) is 15.1. The Kier molecular flexibility index (Phi) is 5.81. The van der Waals surface area contributed by atoms with Gasteiger partial charge in [0, 0.05) is 18.6 Å². The number of nitrogens with one attached hydrogen (secondary N) is 1. The number of hydrogen-bond acceptors (Lipinski definition) is 6. The molecule has 2 N–H and O–H groups in total. The number of aliphatic carboxylic acids is 1. The smallest absolute Gasteiger partial charge is 0.327 e. The van der Waals surface area contributed by atoms with Crippen molar-refractivity contribution in [1.82, 2.24) is 15.5 Å². The Balaban J connectivity index is 2.42. The molecule has 0 aromatic carbocycles. The first kappa shape index (κ1) is 15.5. The lowest BCUT2D eigenvalue weighted by atomic mass is 10.2. The molecule has 1 unspecified atom stereocenters. The topological polar surface area (TPSA) is 105 Å². The molecule has 1 aromatic rings. The van der Waals surface area contributed by atoms with Gasteiger partial charge in [0.2, 0.25) is 11.8 Å². The molecule has 0 saturated carbocycles. The van der Waals surface area contributed by atoms with Crippen LogP contribution in [-0.4, -0.2) is 38.9 Å². The lowest BCUT2D eigenvalue weighted by Gasteiger charge is -2.11. The lowest BCUT2D eigenvalue weighted by Crippen LogP contribution is -2.41. The van der Waals surface area contributed by atoms with E-state index in [1.807, 2.05) is 13.8 Å². The molecule has 1 amide bonds. The first-order valence-corrected chi connectivity index (χ1v) is 6.95. The van der Waals surface area contributed by atoms with E-state index in [1.54, 1.807) is 0 Å². The third-order valence-corrected chi connectivity index (χ3v) is 3.20. The summed E-state index contributed by atoms with van der Waals surface area (Å²) in [4.78, 5) is 25.9. The summed E-state index contributed by atoms with van der Waals surface area (Å²) in [6, 6.07) is -0.904. The molecule has 0 radical (unpaired) electrons. The summed E-state index contributed by atoms with van der Waals surface area (Å²) in [6.07, 6.45) is 0. The number of carboxylic acid groups (broad SMARTS) is 1. The zero-order valence-corrected chi connectivity index (χ0v) is 11.9. The predicted molar refractivity (Wildman–Crippen MR) is 69.8 cm³/mol. The summed E-state index contributed by atoms with van der Waals surface area (Å²) >= 11 is 1.33. The predicted octanol–water partition coefficient (Wildman–Crippen LogP) is 1.02. The number of carboxylic acids is 1. The molecule has 19 heavy (non-hydrogen) atoms. The fraction of sp³-hybridized carbons (Fsp3) is 0.636. The summed E-state index contributed by atoms with van der Waals surface area (Å²) in [6.45, 7) is 5.18. The largest absolute Gasteiger partial charge is 0.480 e. The van der Waals surface area contributed by atoms with Crippen molar-refractivity contribution in [2.24, 2.45) is 0 Å². The molecular formula is C11H17N3O4S. The first-order chi connectivity index (χ1) is 8.90. The van der Waals surface area contributed by atoms with Crippen molar-refractivity contribution in [1.29, 1.82) is 0 Å². The Hall–Kier alpha value is -1.57. The Labute approximate surface area is 115 Å². The molecule has 7 nitrogen and oxygen atoms in total. The SMILES string of the molecule is CC(=O)NC(CSCc1noc(C(C)C)n1)C(=O)O. The molecule has 0 fully saturated rings. The average molecular weight is 287 g/mol. The molecule has 106 valence electrons. The highest BCUT2D eigenvalue weighted by Crippen LogP contribution is 2.15. The number of rotatable bonds is 7. The molecule has 1 atom stereocenters. The van der Waals surface area contributed by atoms with E-state index in [2.05, 4.69) is 15.5 Å². The molecule has 1 rings (SSSR count). The van der Waals surface area contributed by atoms with Gasteiger partial charge < -0.3 is 14.9 Å². The Morgan fingerprint density at radius 3 is 2.63 bits per heavy atom. The Morgan fingerprint density at radius 1 is 1.47 bits per heavy atom. The molecule has 0 aliphatic carbocycles. The van der Waals surface area contributed by atoms with Crippen LogP contribution in [0.1, 0.15) is 38.4 Å². The molecule has 0 aliphatic rings. The van der Waals surface area contributed by atoms with Crippen LogP contribution < -0.4 is 5.32 Å². The van der Waals surface area contributed by atoms with E-state index < -0.39 is 12.0 Å². The van der Waals surface area contributed by atoms with Gasteiger partial charge >= 0.3 is 5.97 Å². The van der Waals surface area contributed by atoms with E-state index >= 15 is 0 Å². The molecule has 8 heteroatoms. The summed E-state index contributed by atoms with van der Waals surface area (Å²) in [5.41, 5.74) is 0. The van der Waals surface area contributed by atoms with Crippen molar-refractivity contribution < 1.29 is 19.2 Å². The van der Waals surface area contributed by atoms with Gasteiger partial charge in [0.05, 0.1) is 5.75 Å². The monoisotopic (exact) mass is 287 g/mol. The number of nitrogens with zero attached hydrogens (tertiary/aromatic N) is 2. The zero-order valence-electron chi connectivity index (χ0n) is 11.0. The number of thioether (sulfide) groups is 1. The second-order valence-electron chi connectivity index (χ2n) is 4.31. The zero-order chi connectivity index (χ0) is 14.4. The summed E-state index contributed by atoms with van der Waals surface area (Å²) < 4.78 is 5.04. The highest BCUT2D eigenvalue weighted by atomic mass is 32.2. The fourth-order valence-electron chi connectivity index (χ4n) is 1.25. The molecular weight excluding hydrogens is 270 g/mol. The van der Waals surface area contributed by atoms with Crippen LogP contribution >= 0.6 is 11.8 Å². The summed E-state index contributed by atoms with van der Waals surface area (Å²) in [5.74, 6) is 0.527. The van der Waals surface area contributed by atoms with Crippen molar-refractivity contribution >= 4 is 23.6 Å². The van der Waals surface area contributed by atoms with Gasteiger partial charge in [0.25, 0.3) is 0 Å². The van der Waals surface area contributed by atoms with Crippen LogP contribution in [0.5, 0.6) is 0 Å². The second-order valence-corrected chi connectivity index (χ2v) is 5.34. The van der Waals surface area contributed by atoms with E-state index in [9.17, 15) is 9.59 Å². The maximum atomic E-state index is 10.9. The molecule has 0 bridgehead atoms. The van der Waals surface area contributed by atoms with Gasteiger partial charge in [-0.05, 0) is 0 Å². The van der Waals surface area contributed by atoms with Crippen LogP contribution in [0.15, 0.2) is 4.52 Å². The molecule has 1 aromatic heterocycles. The normalized spacial score (nSPS) is 12.4. The first-order valence-electron chi connectivity index (χ1n) is 5.80. The van der Waals surface area contributed by atoms with Crippen LogP contribution in [0, 0.1) is 0 Å². The number of hydrogen-bond donors (Lipinski definition) is 2. The third kappa shape index (κ3) is 5.29. The minimum atomic E-state index is -1.06. The van der Waals surface area contributed by atoms with Gasteiger partial charge in [-0.15, -0.1) is 0 Å². The third-order valence-electron chi connectivity index (χ3n) is 2.17. The Morgan fingerprint density at radius 2 is 2.16 bits per heavy atom. The minimum Gasteiger partial charge on any atom is -0.480 e. The maximum Gasteiger partial charge on any atom is 0.327 e. The van der Waals surface area contributed by atoms with Gasteiger partial charge in [-0.3, -0.25) is 4.79 Å². The maximum absolute atomic E-state index is 10.9. The molecule has 0 spiro atoms. The van der Waals surface area contributed by atoms with Crippen molar-refractivity contribution in [2.45, 2.75) is 38.5 Å². The van der Waals surface area contributed by atoms with E-state index in [4.69, 9.17) is 9.63 Å². The van der Waals surface area contributed by atoms with Crippen LogP contribution in [0.4, 0.5) is 0 Å². The average Bonchev–Trinajstić information content (AvgIpc) is 2.75. The van der Waals surface area contributed by atoms with Gasteiger partial charge in [0.1, 0.15) is 6.04 Å². The van der Waals surface area contributed by atoms with Gasteiger partial charge in [-0.25, -0.2) is 4.79 Å². The summed E-state index contributed by atoms with van der Waals surface area (Å²) in [7, 11) is 0. The van der Waals surface area contributed by atoms with E-state index in [-0.39, 0.29) is 17.6 Å². The van der Waals surface area contributed by atoms with Crippen LogP contribution in [-0.2, 0) is 15.3 Å². The quantitative estimate of drug-likeness (QED) is 0.771. The highest BCUT2D eigenvalue weighted by molar-refractivity contribution is 7.98. The van der Waals surface area contributed by atoms with Gasteiger partial charge in [0.15, 0.2) is 5.82 Å². The number of carbonyl (C=O) groups is 2. The van der Waals surface area contributed by atoms with E-state index in [0.29, 0.717) is 17.5 Å². The van der Waals surface area contributed by atoms with Gasteiger partial charge in [-0.2, -0.15) is 16.7 Å². The fourth-order valence-corrected chi connectivity index (χ4v) is 2.13. The van der Waals surface area contributed by atoms with E-state index in [0.717, 1.165) is 0 Å². The van der Waals surface area contributed by atoms with Crippen LogP contribution in [0.2, 0.25) is 0 Å². The van der Waals surface area contributed by atoms with Crippen molar-refractivity contribution in [2.75, 3.05) is 5.75 Å². The second kappa shape index (κ2) is 7.13. The van der Waals surface area contributed by atoms with Crippen molar-refractivity contribution in [3.8, 4) is 0 Å². The van der Waals surface area contributed by atoms with Crippen LogP contribution in [0.3, 0.4) is 0 Å². The standard InChI is InChI=1S/C11H17N3O4S/c1-6(2)10-13-9(14-18-10)5-19-4-8(11(16)17)12-7(3)15/h6,8H,4-5H2,1-3H3,(H,12,15)(H,16,17). The molecule has 0 aliphatic heterocycles. The molecule has 1 heterocycles. The highest BCUT2D eigenvalue weighted by Gasteiger charge is 2.18.